The Bertz CT molecular complexity index is 952. The topological polar surface area (TPSA) is 100 Å². The molecule has 1 aliphatic heterocycles. The van der Waals surface area contributed by atoms with Crippen LogP contribution < -0.4 is 4.72 Å². The van der Waals surface area contributed by atoms with E-state index >= 15 is 0 Å². The zero-order valence-corrected chi connectivity index (χ0v) is 16.4. The number of anilines is 1. The maximum Gasteiger partial charge on any atom is 0.270 e. The van der Waals surface area contributed by atoms with Crippen LogP contribution in [-0.2, 0) is 10.0 Å². The van der Waals surface area contributed by atoms with E-state index in [1.807, 2.05) is 11.6 Å². The second kappa shape index (κ2) is 6.70. The van der Waals surface area contributed by atoms with Gasteiger partial charge in [0.2, 0.25) is 0 Å². The number of aromatic nitrogens is 3. The molecule has 8 nitrogen and oxygen atoms in total. The van der Waals surface area contributed by atoms with Crippen molar-refractivity contribution in [2.75, 3.05) is 17.8 Å². The van der Waals surface area contributed by atoms with Crippen molar-refractivity contribution in [3.63, 3.8) is 0 Å². The monoisotopic (exact) mass is 391 g/mol. The molecule has 2 aromatic heterocycles. The fourth-order valence-corrected chi connectivity index (χ4v) is 4.65. The number of hydrogen-bond acceptors (Lipinski definition) is 4. The van der Waals surface area contributed by atoms with Gasteiger partial charge in [-0.15, -0.1) is 0 Å². The average molecular weight is 391 g/mol. The second-order valence-corrected chi connectivity index (χ2v) is 9.23. The number of sulfonamides is 1. The van der Waals surface area contributed by atoms with Crippen LogP contribution in [0, 0.1) is 12.8 Å². The Kier molecular flexibility index (Phi) is 4.49. The van der Waals surface area contributed by atoms with Crippen molar-refractivity contribution >= 4 is 21.7 Å². The normalized spacial score (nSPS) is 18.7. The molecule has 27 heavy (non-hydrogen) atoms. The van der Waals surface area contributed by atoms with Crippen LogP contribution in [0.1, 0.15) is 54.8 Å². The highest BCUT2D eigenvalue weighted by Gasteiger charge is 2.31. The van der Waals surface area contributed by atoms with Gasteiger partial charge in [-0.1, -0.05) is 0 Å². The Hall–Kier alpha value is -2.29. The van der Waals surface area contributed by atoms with Crippen LogP contribution in [0.3, 0.4) is 0 Å². The molecule has 3 heterocycles. The van der Waals surface area contributed by atoms with Gasteiger partial charge < -0.3 is 9.88 Å². The summed E-state index contributed by atoms with van der Waals surface area (Å²) in [6.45, 7) is 5.47. The van der Waals surface area contributed by atoms with Gasteiger partial charge in [-0.3, -0.25) is 14.2 Å². The molecule has 9 heteroatoms. The highest BCUT2D eigenvalue weighted by atomic mass is 32.2. The number of likely N-dealkylation sites (tertiary alicyclic amines) is 1. The van der Waals surface area contributed by atoms with Gasteiger partial charge >= 0.3 is 0 Å². The lowest BCUT2D eigenvalue weighted by atomic mass is 10.2. The molecule has 0 spiro atoms. The van der Waals surface area contributed by atoms with Gasteiger partial charge in [0.1, 0.15) is 10.6 Å². The van der Waals surface area contributed by atoms with Crippen LogP contribution in [0.25, 0.3) is 0 Å². The van der Waals surface area contributed by atoms with Crippen LogP contribution in [0.15, 0.2) is 23.2 Å². The van der Waals surface area contributed by atoms with Crippen LogP contribution in [-0.4, -0.2) is 47.1 Å². The third kappa shape index (κ3) is 3.60. The van der Waals surface area contributed by atoms with E-state index in [4.69, 9.17) is 0 Å². The van der Waals surface area contributed by atoms with Gasteiger partial charge in [-0.05, 0) is 51.5 Å². The number of carbonyl (C=O) groups is 1. The lowest BCUT2D eigenvalue weighted by Gasteiger charge is -2.13. The van der Waals surface area contributed by atoms with Gasteiger partial charge in [0, 0.05) is 31.0 Å². The second-order valence-electron chi connectivity index (χ2n) is 7.55. The lowest BCUT2D eigenvalue weighted by molar-refractivity contribution is 0.0787. The van der Waals surface area contributed by atoms with E-state index < -0.39 is 10.0 Å². The quantitative estimate of drug-likeness (QED) is 0.790. The maximum atomic E-state index is 12.7. The van der Waals surface area contributed by atoms with Crippen molar-refractivity contribution in [1.82, 2.24) is 19.7 Å². The third-order valence-corrected chi connectivity index (χ3v) is 6.78. The van der Waals surface area contributed by atoms with Crippen molar-refractivity contribution in [1.29, 1.82) is 0 Å². The van der Waals surface area contributed by atoms with Crippen molar-refractivity contribution in [2.24, 2.45) is 5.92 Å². The molecule has 0 bridgehead atoms. The summed E-state index contributed by atoms with van der Waals surface area (Å²) in [5.74, 6) is 0.762. The number of amides is 1. The fourth-order valence-electron chi connectivity index (χ4n) is 3.67. The van der Waals surface area contributed by atoms with E-state index in [-0.39, 0.29) is 16.8 Å². The third-order valence-electron chi connectivity index (χ3n) is 5.44. The molecule has 1 unspecified atom stereocenters. The van der Waals surface area contributed by atoms with Crippen LogP contribution in [0.4, 0.5) is 5.82 Å². The van der Waals surface area contributed by atoms with Crippen LogP contribution in [0.2, 0.25) is 0 Å². The zero-order chi connectivity index (χ0) is 19.2. The largest absolute Gasteiger partial charge is 0.356 e. The fraction of sp³-hybridized carbons (Fsp3) is 0.556. The molecule has 1 saturated carbocycles. The Balaban J connectivity index is 1.50. The number of aryl methyl sites for hydroxylation is 1. The van der Waals surface area contributed by atoms with Crippen molar-refractivity contribution in [3.8, 4) is 0 Å². The summed E-state index contributed by atoms with van der Waals surface area (Å²) >= 11 is 0. The van der Waals surface area contributed by atoms with E-state index in [9.17, 15) is 13.2 Å². The summed E-state index contributed by atoms with van der Waals surface area (Å²) in [5.41, 5.74) is 1.22. The van der Waals surface area contributed by atoms with Crippen molar-refractivity contribution < 1.29 is 13.2 Å². The molecule has 2 aliphatic rings. The summed E-state index contributed by atoms with van der Waals surface area (Å²) in [5, 5.41) is 4.43. The molecule has 0 radical (unpaired) electrons. The number of rotatable bonds is 6. The maximum absolute atomic E-state index is 12.7. The Morgan fingerprint density at radius 3 is 2.67 bits per heavy atom. The summed E-state index contributed by atoms with van der Waals surface area (Å²) in [4.78, 5) is 17.0. The predicted molar refractivity (Wildman–Crippen MR) is 101 cm³/mol. The lowest BCUT2D eigenvalue weighted by Crippen LogP contribution is -2.27. The first-order chi connectivity index (χ1) is 12.8. The van der Waals surface area contributed by atoms with E-state index in [1.54, 1.807) is 11.0 Å². The van der Waals surface area contributed by atoms with Gasteiger partial charge in [-0.25, -0.2) is 8.42 Å². The van der Waals surface area contributed by atoms with Crippen LogP contribution in [0.5, 0.6) is 0 Å². The highest BCUT2D eigenvalue weighted by Crippen LogP contribution is 2.39. The number of nitrogens with one attached hydrogen (secondary N) is 2. The molecule has 2 fully saturated rings. The van der Waals surface area contributed by atoms with Gasteiger partial charge in [0.05, 0.1) is 6.04 Å². The molecule has 1 saturated heterocycles. The minimum absolute atomic E-state index is 0.0347. The van der Waals surface area contributed by atoms with Gasteiger partial charge in [-0.2, -0.15) is 5.10 Å². The van der Waals surface area contributed by atoms with E-state index in [0.717, 1.165) is 18.5 Å². The average Bonchev–Trinajstić information content (AvgIpc) is 3.04. The van der Waals surface area contributed by atoms with E-state index in [0.29, 0.717) is 30.5 Å². The molecular formula is C18H25N5O3S. The summed E-state index contributed by atoms with van der Waals surface area (Å²) < 4.78 is 29.8. The number of carbonyl (C=O) groups excluding carboxylic acids is 1. The van der Waals surface area contributed by atoms with E-state index in [2.05, 4.69) is 21.7 Å². The molecule has 1 amide bonds. The minimum Gasteiger partial charge on any atom is -0.356 e. The Labute approximate surface area is 159 Å². The van der Waals surface area contributed by atoms with Crippen LogP contribution >= 0.6 is 0 Å². The molecule has 1 atom stereocenters. The minimum atomic E-state index is -3.81. The zero-order valence-electron chi connectivity index (χ0n) is 15.6. The summed E-state index contributed by atoms with van der Waals surface area (Å²) in [6.07, 6.45) is 5.71. The first-order valence-electron chi connectivity index (χ1n) is 9.42. The molecular weight excluding hydrogens is 366 g/mol. The first kappa shape index (κ1) is 18.1. The number of H-pyrrole nitrogens is 1. The summed E-state index contributed by atoms with van der Waals surface area (Å²) in [6, 6.07) is 3.39. The van der Waals surface area contributed by atoms with Crippen molar-refractivity contribution in [3.05, 3.63) is 29.7 Å². The molecule has 2 N–H and O–H groups in total. The highest BCUT2D eigenvalue weighted by molar-refractivity contribution is 7.92. The smallest absolute Gasteiger partial charge is 0.270 e. The Morgan fingerprint density at radius 1 is 1.30 bits per heavy atom. The SMILES string of the molecule is Cc1cc(NS(=O)(=O)c2c[nH]c(C(=O)N3CCCC3)c2)nn1C(C)C1CC1. The molecule has 1 aliphatic carbocycles. The molecule has 4 rings (SSSR count). The standard InChI is InChI=1S/C18H25N5O3S/c1-12-9-17(20-23(12)13(2)14-5-6-14)21-27(25,26)15-10-16(19-11-15)18(24)22-7-3-4-8-22/h9-11,13-14,19H,3-8H2,1-2H3,(H,20,21). The number of hydrogen-bond donors (Lipinski definition) is 2. The summed E-state index contributed by atoms with van der Waals surface area (Å²) in [7, 11) is -3.81. The Morgan fingerprint density at radius 2 is 2.00 bits per heavy atom. The van der Waals surface area contributed by atoms with Crippen molar-refractivity contribution in [2.45, 2.75) is 50.5 Å². The first-order valence-corrected chi connectivity index (χ1v) is 10.9. The van der Waals surface area contributed by atoms with E-state index in [1.165, 1.54) is 25.1 Å². The number of nitrogens with zero attached hydrogens (tertiary/aromatic N) is 3. The molecule has 146 valence electrons. The number of aromatic amines is 1. The predicted octanol–water partition coefficient (Wildman–Crippen LogP) is 2.53. The molecule has 2 aromatic rings. The van der Waals surface area contributed by atoms with Gasteiger partial charge in [0.25, 0.3) is 15.9 Å². The van der Waals surface area contributed by atoms with Gasteiger partial charge in [0.15, 0.2) is 5.82 Å². The molecule has 0 aromatic carbocycles.